The predicted molar refractivity (Wildman–Crippen MR) is 225 cm³/mol. The van der Waals surface area contributed by atoms with Gasteiger partial charge in [0.25, 0.3) is 0 Å². The van der Waals surface area contributed by atoms with Crippen molar-refractivity contribution < 1.29 is 5.48 Å². The highest BCUT2D eigenvalue weighted by Gasteiger charge is 2.61. The molecule has 3 heterocycles. The first-order valence-corrected chi connectivity index (χ1v) is 23.3. The standard InChI is InChI=1S/C32H72N13P4.H2O/c1-36(2)30(37(3)4)21-24-46(42(13)14)27(30)33-49(45(19)20,34-28-31(38(5)6,39(7)8)22-25-47(28)43(15)16)35-29-32(40(9)10,41(11)12)23-26-48(29)44(17)18;/h21-26H2,1-20H3;1H2/q+1;/p-1/b33-27-,34-28-,35-29-;. The van der Waals surface area contributed by atoms with E-state index in [1.165, 1.54) is 16.4 Å². The Morgan fingerprint density at radius 3 is 0.740 bits per heavy atom. The summed E-state index contributed by atoms with van der Waals surface area (Å²) >= 11 is 0. The van der Waals surface area contributed by atoms with Gasteiger partial charge >= 0.3 is 7.87 Å². The van der Waals surface area contributed by atoms with Crippen molar-refractivity contribution in [2.45, 2.75) is 36.3 Å². The Labute approximate surface area is 311 Å². The van der Waals surface area contributed by atoms with Crippen LogP contribution in [0.5, 0.6) is 0 Å². The van der Waals surface area contributed by atoms with Gasteiger partial charge in [0.2, 0.25) is 0 Å². The van der Waals surface area contributed by atoms with E-state index in [1.807, 2.05) is 0 Å². The first kappa shape index (κ1) is 46.4. The SMILES string of the molecule is CN(C)P1CCC(N(C)C)(N(C)C)/C1=N/[P+](/N=C1\P(N(C)C)CCC1(N(C)C)N(C)C)(/N=C1\P(N(C)C)CCC1(N(C)C)N(C)C)N(C)C.[OH-]. The smallest absolute Gasteiger partial charge is 0.447 e. The highest BCUT2D eigenvalue weighted by molar-refractivity contribution is 7.81. The van der Waals surface area contributed by atoms with E-state index in [4.69, 9.17) is 14.3 Å². The lowest BCUT2D eigenvalue weighted by atomic mass is 10.1. The van der Waals surface area contributed by atoms with Gasteiger partial charge in [-0.25, -0.2) is 0 Å². The maximum absolute atomic E-state index is 6.18. The van der Waals surface area contributed by atoms with Crippen LogP contribution in [0, 0.1) is 0 Å². The highest BCUT2D eigenvalue weighted by atomic mass is 31.2. The lowest BCUT2D eigenvalue weighted by Crippen LogP contribution is -2.59. The van der Waals surface area contributed by atoms with Crippen molar-refractivity contribution in [2.75, 3.05) is 159 Å². The summed E-state index contributed by atoms with van der Waals surface area (Å²) in [7, 11) is 39.3. The molecule has 3 saturated heterocycles. The Balaban J connectivity index is 0.00000867. The first-order chi connectivity index (χ1) is 22.5. The van der Waals surface area contributed by atoms with Crippen LogP contribution in [0.2, 0.25) is 0 Å². The van der Waals surface area contributed by atoms with Crippen LogP contribution < -0.4 is 0 Å². The Kier molecular flexibility index (Phi) is 16.2. The molecule has 18 heteroatoms. The molecule has 3 fully saturated rings. The van der Waals surface area contributed by atoms with E-state index < -0.39 is 32.1 Å². The van der Waals surface area contributed by atoms with Crippen molar-refractivity contribution in [3.05, 3.63) is 0 Å². The Bertz CT molecular complexity index is 1070. The number of rotatable bonds is 13. The van der Waals surface area contributed by atoms with Crippen molar-refractivity contribution >= 4 is 48.4 Å². The predicted octanol–water partition coefficient (Wildman–Crippen LogP) is 3.79. The average Bonchev–Trinajstić information content (AvgIpc) is 3.66. The molecule has 292 valence electrons. The average molecular weight is 780 g/mol. The van der Waals surface area contributed by atoms with Gasteiger partial charge in [-0.05, 0) is 165 Å². The molecule has 0 radical (unpaired) electrons. The maximum atomic E-state index is 6.18. The third-order valence-electron chi connectivity index (χ3n) is 10.9. The monoisotopic (exact) mass is 780 g/mol. The summed E-state index contributed by atoms with van der Waals surface area (Å²) in [6, 6.07) is 0. The van der Waals surface area contributed by atoms with Crippen LogP contribution in [-0.2, 0) is 0 Å². The second kappa shape index (κ2) is 17.4. The largest absolute Gasteiger partial charge is 0.870 e. The fourth-order valence-electron chi connectivity index (χ4n) is 8.08. The van der Waals surface area contributed by atoms with Crippen molar-refractivity contribution in [2.24, 2.45) is 14.3 Å². The summed E-state index contributed by atoms with van der Waals surface area (Å²) in [5.74, 6) is 0. The molecule has 1 N–H and O–H groups in total. The number of hydrogen-bond acceptors (Lipinski definition) is 14. The summed E-state index contributed by atoms with van der Waals surface area (Å²) < 4.78 is 28.1. The Morgan fingerprint density at radius 1 is 0.400 bits per heavy atom. The molecule has 50 heavy (non-hydrogen) atoms. The molecule has 0 aromatic rings. The molecule has 3 rings (SSSR count). The van der Waals surface area contributed by atoms with E-state index in [0.29, 0.717) is 0 Å². The van der Waals surface area contributed by atoms with Crippen LogP contribution >= 0.6 is 32.1 Å². The molecule has 0 amide bonds. The van der Waals surface area contributed by atoms with Gasteiger partial charge in [-0.3, -0.25) is 43.4 Å². The second-order valence-corrected chi connectivity index (χ2v) is 25.5. The van der Waals surface area contributed by atoms with Crippen LogP contribution in [0.4, 0.5) is 0 Å². The summed E-state index contributed by atoms with van der Waals surface area (Å²) in [4.78, 5) is 14.3. The first-order valence-electron chi connectivity index (χ1n) is 17.3. The molecule has 0 spiro atoms. The molecular weight excluding hydrogens is 706 g/mol. The van der Waals surface area contributed by atoms with Gasteiger partial charge in [0.1, 0.15) is 33.3 Å². The molecule has 3 aliphatic heterocycles. The minimum atomic E-state index is -3.02. The third-order valence-corrected chi connectivity index (χ3v) is 21.6. The normalized spacial score (nSPS) is 28.9. The van der Waals surface area contributed by atoms with Gasteiger partial charge in [-0.1, -0.05) is 14.3 Å². The zero-order chi connectivity index (χ0) is 37.6. The molecule has 0 aromatic heterocycles. The number of hydrogen-bond donors (Lipinski definition) is 0. The second-order valence-electron chi connectivity index (χ2n) is 15.6. The highest BCUT2D eigenvalue weighted by Crippen LogP contribution is 2.73. The van der Waals surface area contributed by atoms with E-state index in [2.05, 4.69) is 189 Å². The Morgan fingerprint density at radius 2 is 0.600 bits per heavy atom. The Hall–Kier alpha value is 0.290. The molecule has 0 aliphatic carbocycles. The van der Waals surface area contributed by atoms with E-state index in [-0.39, 0.29) is 22.5 Å². The fraction of sp³-hybridized carbons (Fsp3) is 0.906. The van der Waals surface area contributed by atoms with Crippen LogP contribution in [-0.4, -0.2) is 246 Å². The van der Waals surface area contributed by atoms with Crippen molar-refractivity contribution in [3.63, 3.8) is 0 Å². The number of nitrogens with zero attached hydrogens (tertiary/aromatic N) is 13. The molecule has 3 unspecified atom stereocenters. The van der Waals surface area contributed by atoms with Gasteiger partial charge in [0, 0.05) is 38.3 Å². The minimum Gasteiger partial charge on any atom is -0.870 e. The van der Waals surface area contributed by atoms with Gasteiger partial charge in [-0.15, -0.1) is 4.67 Å². The van der Waals surface area contributed by atoms with Crippen LogP contribution in [0.1, 0.15) is 19.3 Å². The summed E-state index contributed by atoms with van der Waals surface area (Å²) in [5.41, 5.74) is 2.71. The van der Waals surface area contributed by atoms with E-state index in [9.17, 15) is 0 Å². The van der Waals surface area contributed by atoms with E-state index in [1.54, 1.807) is 0 Å². The van der Waals surface area contributed by atoms with Crippen molar-refractivity contribution in [1.82, 2.24) is 48.1 Å². The zero-order valence-electron chi connectivity index (χ0n) is 35.3. The van der Waals surface area contributed by atoms with Crippen LogP contribution in [0.25, 0.3) is 0 Å². The molecule has 0 aromatic carbocycles. The van der Waals surface area contributed by atoms with Crippen LogP contribution in [0.3, 0.4) is 0 Å². The van der Waals surface area contributed by atoms with Gasteiger partial charge in [-0.2, -0.15) is 0 Å². The fourth-order valence-corrected chi connectivity index (χ4v) is 19.6. The maximum Gasteiger partial charge on any atom is 0.447 e. The third kappa shape index (κ3) is 7.85. The molecule has 0 saturated carbocycles. The minimum absolute atomic E-state index is 0. The lowest BCUT2D eigenvalue weighted by Gasteiger charge is -2.44. The molecular formula is C32H73N13OP4. The molecule has 0 bridgehead atoms. The summed E-state index contributed by atoms with van der Waals surface area (Å²) in [6.07, 6.45) is 6.32. The van der Waals surface area contributed by atoms with E-state index in [0.717, 1.165) is 37.7 Å². The van der Waals surface area contributed by atoms with Crippen LogP contribution in [0.15, 0.2) is 14.3 Å². The lowest BCUT2D eigenvalue weighted by molar-refractivity contribution is 0.0731. The van der Waals surface area contributed by atoms with E-state index >= 15 is 0 Å². The molecule has 3 aliphatic rings. The summed E-state index contributed by atoms with van der Waals surface area (Å²) in [5, 5.41) is 0. The van der Waals surface area contributed by atoms with Gasteiger partial charge < -0.3 is 5.48 Å². The topological polar surface area (TPSA) is 99.5 Å². The zero-order valence-corrected chi connectivity index (χ0v) is 38.9. The quantitative estimate of drug-likeness (QED) is 0.202. The van der Waals surface area contributed by atoms with Gasteiger partial charge in [0.15, 0.2) is 0 Å². The van der Waals surface area contributed by atoms with Crippen molar-refractivity contribution in [1.29, 1.82) is 0 Å². The van der Waals surface area contributed by atoms with Crippen molar-refractivity contribution in [3.8, 4) is 0 Å². The summed E-state index contributed by atoms with van der Waals surface area (Å²) in [6.45, 7) is 0. The molecule has 14 nitrogen and oxygen atoms in total. The molecule has 3 atom stereocenters. The van der Waals surface area contributed by atoms with Gasteiger partial charge in [0.05, 0.1) is 0 Å².